The number of benzene rings is 2. The van der Waals surface area contributed by atoms with Gasteiger partial charge in [0.1, 0.15) is 0 Å². The highest BCUT2D eigenvalue weighted by atomic mass is 33.1. The zero-order valence-electron chi connectivity index (χ0n) is 12.3. The second-order valence-corrected chi connectivity index (χ2v) is 6.52. The molecule has 0 unspecified atom stereocenters. The standard InChI is InChI=1S/C16H16N2O2S2/c1-17(13-9-5-3-6-10-13)15(19)21-22-16(20)18(2)14-11-7-4-8-12-14/h3-12H,1-2H3. The van der Waals surface area contributed by atoms with Gasteiger partial charge in [0.05, 0.1) is 0 Å². The first-order chi connectivity index (χ1) is 10.6. The minimum absolute atomic E-state index is 0.189. The normalized spacial score (nSPS) is 10.1. The molecule has 4 nitrogen and oxygen atoms in total. The molecular weight excluding hydrogens is 316 g/mol. The fourth-order valence-electron chi connectivity index (χ4n) is 1.70. The van der Waals surface area contributed by atoms with Crippen molar-refractivity contribution in [3.8, 4) is 0 Å². The van der Waals surface area contributed by atoms with Crippen molar-refractivity contribution in [2.45, 2.75) is 0 Å². The number of carbonyl (C=O) groups is 2. The Hall–Kier alpha value is -1.92. The number of rotatable bonds is 2. The Kier molecular flexibility index (Phi) is 5.91. The Morgan fingerprint density at radius 1 is 0.682 bits per heavy atom. The maximum Gasteiger partial charge on any atom is 0.296 e. The van der Waals surface area contributed by atoms with Crippen LogP contribution in [0.15, 0.2) is 60.7 Å². The van der Waals surface area contributed by atoms with Crippen molar-refractivity contribution in [3.05, 3.63) is 60.7 Å². The predicted octanol–water partition coefficient (Wildman–Crippen LogP) is 4.88. The minimum atomic E-state index is -0.189. The van der Waals surface area contributed by atoms with Crippen LogP contribution in [0.2, 0.25) is 0 Å². The average molecular weight is 332 g/mol. The van der Waals surface area contributed by atoms with Crippen molar-refractivity contribution >= 4 is 43.4 Å². The number of hydrogen-bond acceptors (Lipinski definition) is 4. The maximum atomic E-state index is 12.1. The zero-order chi connectivity index (χ0) is 15.9. The van der Waals surface area contributed by atoms with Gasteiger partial charge in [0.2, 0.25) is 0 Å². The van der Waals surface area contributed by atoms with Gasteiger partial charge < -0.3 is 9.80 Å². The Bertz CT molecular complexity index is 578. The van der Waals surface area contributed by atoms with Crippen LogP contribution in [0.5, 0.6) is 0 Å². The Morgan fingerprint density at radius 3 is 1.32 bits per heavy atom. The first-order valence-corrected chi connectivity index (χ1v) is 8.74. The SMILES string of the molecule is CN(C(=O)SSC(=O)N(C)c1ccccc1)c1ccccc1. The van der Waals surface area contributed by atoms with E-state index in [2.05, 4.69) is 0 Å². The third kappa shape index (κ3) is 4.29. The Balaban J connectivity index is 1.89. The number of amides is 2. The largest absolute Gasteiger partial charge is 0.306 e. The van der Waals surface area contributed by atoms with E-state index in [1.807, 2.05) is 60.7 Å². The number of nitrogens with zero attached hydrogens (tertiary/aromatic N) is 2. The van der Waals surface area contributed by atoms with Crippen LogP contribution < -0.4 is 9.80 Å². The Morgan fingerprint density at radius 2 is 1.00 bits per heavy atom. The molecule has 0 aliphatic rings. The lowest BCUT2D eigenvalue weighted by molar-refractivity contribution is 0.265. The molecule has 6 heteroatoms. The van der Waals surface area contributed by atoms with E-state index in [9.17, 15) is 9.59 Å². The molecule has 0 bridgehead atoms. The fourth-order valence-corrected chi connectivity index (χ4v) is 3.37. The third-order valence-electron chi connectivity index (χ3n) is 3.02. The summed E-state index contributed by atoms with van der Waals surface area (Å²) < 4.78 is 0. The van der Waals surface area contributed by atoms with E-state index >= 15 is 0 Å². The lowest BCUT2D eigenvalue weighted by Crippen LogP contribution is -2.23. The number of hydrogen-bond donors (Lipinski definition) is 0. The van der Waals surface area contributed by atoms with Gasteiger partial charge in [0.25, 0.3) is 10.5 Å². The maximum absolute atomic E-state index is 12.1. The molecular formula is C16H16N2O2S2. The van der Waals surface area contributed by atoms with Crippen LogP contribution in [0.3, 0.4) is 0 Å². The molecule has 0 saturated carbocycles. The second-order valence-electron chi connectivity index (χ2n) is 4.49. The van der Waals surface area contributed by atoms with Gasteiger partial charge in [-0.05, 0) is 24.3 Å². The summed E-state index contributed by atoms with van der Waals surface area (Å²) in [6.07, 6.45) is 0. The molecule has 0 atom stereocenters. The summed E-state index contributed by atoms with van der Waals surface area (Å²) in [5.74, 6) is 0. The summed E-state index contributed by atoms with van der Waals surface area (Å²) in [7, 11) is 5.23. The summed E-state index contributed by atoms with van der Waals surface area (Å²) in [5, 5.41) is -0.378. The fraction of sp³-hybridized carbons (Fsp3) is 0.125. The van der Waals surface area contributed by atoms with Crippen molar-refractivity contribution in [3.63, 3.8) is 0 Å². The number of para-hydroxylation sites is 2. The summed E-state index contributed by atoms with van der Waals surface area (Å²) in [6.45, 7) is 0. The van der Waals surface area contributed by atoms with Crippen LogP contribution in [-0.2, 0) is 0 Å². The molecule has 0 N–H and O–H groups in total. The highest BCUT2D eigenvalue weighted by Gasteiger charge is 2.17. The van der Waals surface area contributed by atoms with Crippen molar-refractivity contribution in [1.82, 2.24) is 0 Å². The molecule has 2 aromatic rings. The van der Waals surface area contributed by atoms with Crippen molar-refractivity contribution in [1.29, 1.82) is 0 Å². The van der Waals surface area contributed by atoms with Crippen LogP contribution in [-0.4, -0.2) is 24.6 Å². The molecule has 2 amide bonds. The molecule has 22 heavy (non-hydrogen) atoms. The molecule has 0 saturated heterocycles. The predicted molar refractivity (Wildman–Crippen MR) is 95.7 cm³/mol. The molecule has 0 spiro atoms. The van der Waals surface area contributed by atoms with Gasteiger partial charge in [0, 0.05) is 47.1 Å². The minimum Gasteiger partial charge on any atom is -0.306 e. The van der Waals surface area contributed by atoms with E-state index in [0.29, 0.717) is 0 Å². The van der Waals surface area contributed by atoms with Gasteiger partial charge in [-0.1, -0.05) is 36.4 Å². The van der Waals surface area contributed by atoms with E-state index in [4.69, 9.17) is 0 Å². The van der Waals surface area contributed by atoms with E-state index in [0.717, 1.165) is 33.0 Å². The van der Waals surface area contributed by atoms with E-state index in [-0.39, 0.29) is 10.5 Å². The molecule has 114 valence electrons. The summed E-state index contributed by atoms with van der Waals surface area (Å²) in [6, 6.07) is 18.6. The topological polar surface area (TPSA) is 40.6 Å². The van der Waals surface area contributed by atoms with E-state index in [1.54, 1.807) is 14.1 Å². The van der Waals surface area contributed by atoms with Gasteiger partial charge in [-0.2, -0.15) is 0 Å². The first-order valence-electron chi connectivity index (χ1n) is 6.59. The lowest BCUT2D eigenvalue weighted by atomic mass is 10.3. The summed E-state index contributed by atoms with van der Waals surface area (Å²) in [5.41, 5.74) is 1.59. The van der Waals surface area contributed by atoms with Gasteiger partial charge in [-0.3, -0.25) is 9.59 Å². The lowest BCUT2D eigenvalue weighted by Gasteiger charge is -2.18. The van der Waals surface area contributed by atoms with E-state index in [1.165, 1.54) is 9.80 Å². The summed E-state index contributed by atoms with van der Waals surface area (Å²) in [4.78, 5) is 27.3. The average Bonchev–Trinajstić information content (AvgIpc) is 2.59. The molecule has 2 rings (SSSR count). The van der Waals surface area contributed by atoms with Gasteiger partial charge >= 0.3 is 0 Å². The third-order valence-corrected chi connectivity index (χ3v) is 5.04. The number of carbonyl (C=O) groups excluding carboxylic acids is 2. The molecule has 0 aliphatic heterocycles. The van der Waals surface area contributed by atoms with Gasteiger partial charge in [-0.25, -0.2) is 0 Å². The van der Waals surface area contributed by atoms with Gasteiger partial charge in [-0.15, -0.1) is 0 Å². The zero-order valence-corrected chi connectivity index (χ0v) is 13.9. The van der Waals surface area contributed by atoms with Crippen LogP contribution in [0.4, 0.5) is 21.0 Å². The first kappa shape index (κ1) is 16.5. The monoisotopic (exact) mass is 332 g/mol. The van der Waals surface area contributed by atoms with Crippen LogP contribution in [0.1, 0.15) is 0 Å². The van der Waals surface area contributed by atoms with Crippen molar-refractivity contribution < 1.29 is 9.59 Å². The smallest absolute Gasteiger partial charge is 0.296 e. The molecule has 0 aliphatic carbocycles. The van der Waals surface area contributed by atoms with Crippen molar-refractivity contribution in [2.24, 2.45) is 0 Å². The molecule has 2 aromatic carbocycles. The summed E-state index contributed by atoms with van der Waals surface area (Å²) >= 11 is 0. The Labute approximate surface area is 137 Å². The van der Waals surface area contributed by atoms with Gasteiger partial charge in [0.15, 0.2) is 0 Å². The van der Waals surface area contributed by atoms with E-state index < -0.39 is 0 Å². The van der Waals surface area contributed by atoms with Crippen LogP contribution in [0.25, 0.3) is 0 Å². The van der Waals surface area contributed by atoms with Crippen molar-refractivity contribution in [2.75, 3.05) is 23.9 Å². The highest BCUT2D eigenvalue weighted by Crippen LogP contribution is 2.30. The van der Waals surface area contributed by atoms with Crippen LogP contribution >= 0.6 is 21.6 Å². The molecule has 0 radical (unpaired) electrons. The molecule has 0 aromatic heterocycles. The molecule has 0 fully saturated rings. The quantitative estimate of drug-likeness (QED) is 0.735. The second kappa shape index (κ2) is 7.91. The molecule has 0 heterocycles. The number of anilines is 2. The van der Waals surface area contributed by atoms with Crippen LogP contribution in [0, 0.1) is 0 Å². The highest BCUT2D eigenvalue weighted by molar-refractivity contribution is 8.87.